The van der Waals surface area contributed by atoms with Crippen LogP contribution >= 0.6 is 0 Å². The number of fused-ring (bicyclic) bond motifs is 1. The van der Waals surface area contributed by atoms with Gasteiger partial charge < -0.3 is 15.2 Å². The monoisotopic (exact) mass is 270 g/mol. The molecule has 0 saturated heterocycles. The summed E-state index contributed by atoms with van der Waals surface area (Å²) >= 11 is 0. The van der Waals surface area contributed by atoms with Crippen LogP contribution in [-0.4, -0.2) is 23.1 Å². The molecule has 0 saturated carbocycles. The van der Waals surface area contributed by atoms with Gasteiger partial charge in [-0.2, -0.15) is 0 Å². The molecule has 2 aromatic rings. The lowest BCUT2D eigenvalue weighted by atomic mass is 9.98. The van der Waals surface area contributed by atoms with Crippen LogP contribution < -0.4 is 10.6 Å². The lowest BCUT2D eigenvalue weighted by Crippen LogP contribution is -2.24. The van der Waals surface area contributed by atoms with Crippen LogP contribution in [0.15, 0.2) is 24.5 Å². The van der Waals surface area contributed by atoms with Gasteiger partial charge in [-0.1, -0.05) is 6.07 Å². The maximum Gasteiger partial charge on any atom is 0.131 e. The average molecular weight is 270 g/mol. The predicted octanol–water partition coefficient (Wildman–Crippen LogP) is 3.10. The molecule has 4 nitrogen and oxygen atoms in total. The van der Waals surface area contributed by atoms with Crippen LogP contribution in [0.4, 0.5) is 11.5 Å². The molecule has 1 aliphatic rings. The summed E-state index contributed by atoms with van der Waals surface area (Å²) in [5.41, 5.74) is 11.0. The third-order valence-electron chi connectivity index (χ3n) is 4.09. The largest absolute Gasteiger partial charge is 0.383 e. The van der Waals surface area contributed by atoms with Crippen molar-refractivity contribution in [3.63, 3.8) is 0 Å². The number of rotatable bonds is 2. The Morgan fingerprint density at radius 1 is 1.30 bits per heavy atom. The maximum atomic E-state index is 6.23. The highest BCUT2D eigenvalue weighted by molar-refractivity contribution is 5.74. The van der Waals surface area contributed by atoms with Crippen molar-refractivity contribution in [3.05, 3.63) is 30.1 Å². The van der Waals surface area contributed by atoms with Crippen molar-refractivity contribution < 1.29 is 0 Å². The highest BCUT2D eigenvalue weighted by Crippen LogP contribution is 2.33. The third kappa shape index (κ3) is 2.05. The summed E-state index contributed by atoms with van der Waals surface area (Å²) in [6, 6.07) is 6.90. The van der Waals surface area contributed by atoms with Crippen LogP contribution in [0.2, 0.25) is 0 Å². The number of hydrogen-bond donors (Lipinski definition) is 1. The van der Waals surface area contributed by atoms with Crippen molar-refractivity contribution in [2.75, 3.05) is 24.2 Å². The number of nitrogens with two attached hydrogens (primary N) is 1. The van der Waals surface area contributed by atoms with Gasteiger partial charge >= 0.3 is 0 Å². The Bertz CT molecular complexity index is 627. The van der Waals surface area contributed by atoms with E-state index in [4.69, 9.17) is 5.73 Å². The van der Waals surface area contributed by atoms with E-state index >= 15 is 0 Å². The van der Waals surface area contributed by atoms with Gasteiger partial charge in [0.05, 0.1) is 6.33 Å². The number of nitrogen functional groups attached to an aromatic ring is 1. The molecule has 0 amide bonds. The smallest absolute Gasteiger partial charge is 0.131 e. The quantitative estimate of drug-likeness (QED) is 0.912. The lowest BCUT2D eigenvalue weighted by Gasteiger charge is -2.27. The molecule has 0 spiro atoms. The minimum absolute atomic E-state index is 0.333. The molecule has 4 heteroatoms. The second-order valence-electron chi connectivity index (χ2n) is 5.85. The Balaban J connectivity index is 2.03. The Kier molecular flexibility index (Phi) is 3.16. The number of aryl methyl sites for hydroxylation is 1. The van der Waals surface area contributed by atoms with E-state index in [-0.39, 0.29) is 0 Å². The first-order chi connectivity index (χ1) is 9.58. The molecule has 0 radical (unpaired) electrons. The van der Waals surface area contributed by atoms with E-state index in [2.05, 4.69) is 49.0 Å². The topological polar surface area (TPSA) is 47.1 Å². The van der Waals surface area contributed by atoms with E-state index in [0.717, 1.165) is 30.0 Å². The number of anilines is 2. The zero-order chi connectivity index (χ0) is 14.3. The third-order valence-corrected chi connectivity index (χ3v) is 4.09. The summed E-state index contributed by atoms with van der Waals surface area (Å²) in [6.07, 6.45) is 4.18. The second kappa shape index (κ2) is 4.85. The Morgan fingerprint density at radius 2 is 2.10 bits per heavy atom. The van der Waals surface area contributed by atoms with Crippen LogP contribution in [0.3, 0.4) is 0 Å². The molecule has 1 aromatic heterocycles. The molecule has 0 atom stereocenters. The van der Waals surface area contributed by atoms with E-state index < -0.39 is 0 Å². The number of nitrogens with zero attached hydrogens (tertiary/aromatic N) is 3. The van der Waals surface area contributed by atoms with Gasteiger partial charge in [-0.05, 0) is 44.4 Å². The molecule has 1 aromatic carbocycles. The maximum absolute atomic E-state index is 6.23. The van der Waals surface area contributed by atoms with Crippen molar-refractivity contribution >= 4 is 11.5 Å². The van der Waals surface area contributed by atoms with Crippen LogP contribution in [0.1, 0.15) is 31.9 Å². The van der Waals surface area contributed by atoms with Gasteiger partial charge in [0.2, 0.25) is 0 Å². The van der Waals surface area contributed by atoms with Crippen LogP contribution in [0.5, 0.6) is 0 Å². The van der Waals surface area contributed by atoms with E-state index in [1.54, 1.807) is 0 Å². The Labute approximate surface area is 120 Å². The number of hydrogen-bond acceptors (Lipinski definition) is 3. The molecule has 0 aliphatic carbocycles. The summed E-state index contributed by atoms with van der Waals surface area (Å²) in [5, 5.41) is 0. The summed E-state index contributed by atoms with van der Waals surface area (Å²) in [6.45, 7) is 5.36. The molecule has 1 aliphatic heterocycles. The van der Waals surface area contributed by atoms with Crippen molar-refractivity contribution in [2.24, 2.45) is 0 Å². The molecule has 0 bridgehead atoms. The van der Waals surface area contributed by atoms with Crippen molar-refractivity contribution in [3.8, 4) is 11.3 Å². The molecule has 106 valence electrons. The standard InChI is InChI=1S/C16H22N4/c1-11(2)20-10-18-15(16(20)17)13-6-7-14-12(9-13)5-4-8-19(14)3/h6-7,9-11H,4-5,8,17H2,1-3H3. The van der Waals surface area contributed by atoms with Gasteiger partial charge in [-0.25, -0.2) is 4.98 Å². The van der Waals surface area contributed by atoms with Crippen LogP contribution in [0, 0.1) is 0 Å². The minimum Gasteiger partial charge on any atom is -0.383 e. The predicted molar refractivity (Wildman–Crippen MR) is 84.1 cm³/mol. The summed E-state index contributed by atoms with van der Waals surface area (Å²) < 4.78 is 2.01. The molecule has 0 fully saturated rings. The molecule has 0 unspecified atom stereocenters. The van der Waals surface area contributed by atoms with Crippen molar-refractivity contribution in [2.45, 2.75) is 32.7 Å². The molecular formula is C16H22N4. The fourth-order valence-electron chi connectivity index (χ4n) is 2.94. The Hall–Kier alpha value is -1.97. The molecule has 2 heterocycles. The van der Waals surface area contributed by atoms with Gasteiger partial charge in [-0.3, -0.25) is 0 Å². The molecule has 3 rings (SSSR count). The lowest BCUT2D eigenvalue weighted by molar-refractivity contribution is 0.607. The second-order valence-corrected chi connectivity index (χ2v) is 5.85. The normalized spacial score (nSPS) is 14.7. The van der Waals surface area contributed by atoms with Crippen molar-refractivity contribution in [1.29, 1.82) is 0 Å². The van der Waals surface area contributed by atoms with E-state index in [1.165, 1.54) is 17.7 Å². The van der Waals surface area contributed by atoms with Crippen molar-refractivity contribution in [1.82, 2.24) is 9.55 Å². The molecule has 2 N–H and O–H groups in total. The fourth-order valence-corrected chi connectivity index (χ4v) is 2.94. The SMILES string of the molecule is CC(C)n1cnc(-c2ccc3c(c2)CCCN3C)c1N. The number of imidazole rings is 1. The van der Waals surface area contributed by atoms with Gasteiger partial charge in [-0.15, -0.1) is 0 Å². The van der Waals surface area contributed by atoms with Gasteiger partial charge in [0.1, 0.15) is 11.5 Å². The number of benzene rings is 1. The number of aromatic nitrogens is 2. The first-order valence-corrected chi connectivity index (χ1v) is 7.24. The van der Waals surface area contributed by atoms with E-state index in [1.807, 2.05) is 10.9 Å². The Morgan fingerprint density at radius 3 is 2.80 bits per heavy atom. The van der Waals surface area contributed by atoms with E-state index in [0.29, 0.717) is 6.04 Å². The zero-order valence-electron chi connectivity index (χ0n) is 12.4. The van der Waals surface area contributed by atoms with Gasteiger partial charge in [0.25, 0.3) is 0 Å². The minimum atomic E-state index is 0.333. The summed E-state index contributed by atoms with van der Waals surface area (Å²) in [7, 11) is 2.15. The highest BCUT2D eigenvalue weighted by atomic mass is 15.1. The highest BCUT2D eigenvalue weighted by Gasteiger charge is 2.17. The first-order valence-electron chi connectivity index (χ1n) is 7.24. The average Bonchev–Trinajstić information content (AvgIpc) is 2.80. The zero-order valence-corrected chi connectivity index (χ0v) is 12.4. The van der Waals surface area contributed by atoms with Crippen LogP contribution in [0.25, 0.3) is 11.3 Å². The van der Waals surface area contributed by atoms with Gasteiger partial charge in [0, 0.05) is 30.9 Å². The summed E-state index contributed by atoms with van der Waals surface area (Å²) in [5.74, 6) is 0.754. The van der Waals surface area contributed by atoms with Gasteiger partial charge in [0.15, 0.2) is 0 Å². The molecule has 20 heavy (non-hydrogen) atoms. The van der Waals surface area contributed by atoms with Crippen LogP contribution in [-0.2, 0) is 6.42 Å². The molecular weight excluding hydrogens is 248 g/mol. The first kappa shape index (κ1) is 13.0. The summed E-state index contributed by atoms with van der Waals surface area (Å²) in [4.78, 5) is 6.82. The fraction of sp³-hybridized carbons (Fsp3) is 0.438. The van der Waals surface area contributed by atoms with E-state index in [9.17, 15) is 0 Å².